The first kappa shape index (κ1) is 26.7. The minimum absolute atomic E-state index is 0.194. The summed E-state index contributed by atoms with van der Waals surface area (Å²) in [6.07, 6.45) is -0.437. The highest BCUT2D eigenvalue weighted by molar-refractivity contribution is 6.99. The average molecular weight is 512 g/mol. The molecule has 0 amide bonds. The molecule has 0 unspecified atom stereocenters. The molecule has 0 aromatic heterocycles. The smallest absolute Gasteiger partial charge is 0.261 e. The molecule has 0 heterocycles. The fourth-order valence-corrected chi connectivity index (χ4v) is 9.79. The lowest BCUT2D eigenvalue weighted by atomic mass is 9.96. The van der Waals surface area contributed by atoms with E-state index in [4.69, 9.17) is 19.6 Å². The van der Waals surface area contributed by atoms with Crippen LogP contribution in [0, 0.1) is 0 Å². The standard InChI is InChI=1S/C32H37NO3Si/c1-32(2,3)37(26-17-11-7-12-18-26,27-19-13-8-14-20-27)36-31(30(33)24-15-9-6-10-16-24)25-21-22-28(34-4)29(23-25)35-5/h6-23,30-31H,33H2,1-5H3/t30-,31+/m0/s1. The second-order valence-electron chi connectivity index (χ2n) is 10.3. The summed E-state index contributed by atoms with van der Waals surface area (Å²) >= 11 is 0. The van der Waals surface area contributed by atoms with Crippen molar-refractivity contribution in [3.8, 4) is 11.5 Å². The third-order valence-corrected chi connectivity index (χ3v) is 12.0. The maximum atomic E-state index is 7.57. The first-order valence-electron chi connectivity index (χ1n) is 12.6. The molecule has 0 aliphatic heterocycles. The molecule has 4 aromatic carbocycles. The molecular weight excluding hydrogens is 474 g/mol. The van der Waals surface area contributed by atoms with Gasteiger partial charge in [-0.15, -0.1) is 0 Å². The average Bonchev–Trinajstić information content (AvgIpc) is 2.94. The maximum Gasteiger partial charge on any atom is 0.261 e. The topological polar surface area (TPSA) is 53.7 Å². The minimum atomic E-state index is -2.89. The van der Waals surface area contributed by atoms with Gasteiger partial charge in [0.1, 0.15) is 0 Å². The van der Waals surface area contributed by atoms with Crippen LogP contribution in [0.4, 0.5) is 0 Å². The van der Waals surface area contributed by atoms with Crippen LogP contribution in [0.1, 0.15) is 44.0 Å². The molecule has 2 atom stereocenters. The third kappa shape index (κ3) is 5.35. The number of benzene rings is 4. The monoisotopic (exact) mass is 511 g/mol. The first-order chi connectivity index (χ1) is 17.8. The van der Waals surface area contributed by atoms with Gasteiger partial charge in [-0.3, -0.25) is 0 Å². The minimum Gasteiger partial charge on any atom is -0.493 e. The third-order valence-electron chi connectivity index (χ3n) is 6.97. The Morgan fingerprint density at radius 3 is 1.57 bits per heavy atom. The van der Waals surface area contributed by atoms with Crippen LogP contribution in [0.2, 0.25) is 5.04 Å². The van der Waals surface area contributed by atoms with Crippen LogP contribution in [0.5, 0.6) is 11.5 Å². The largest absolute Gasteiger partial charge is 0.493 e. The molecule has 0 saturated carbocycles. The van der Waals surface area contributed by atoms with Crippen molar-refractivity contribution in [2.75, 3.05) is 14.2 Å². The van der Waals surface area contributed by atoms with E-state index in [1.165, 1.54) is 10.4 Å². The van der Waals surface area contributed by atoms with Gasteiger partial charge in [-0.1, -0.05) is 118 Å². The van der Waals surface area contributed by atoms with Gasteiger partial charge < -0.3 is 19.6 Å². The van der Waals surface area contributed by atoms with Crippen molar-refractivity contribution in [1.82, 2.24) is 0 Å². The summed E-state index contributed by atoms with van der Waals surface area (Å²) in [6.45, 7) is 6.83. The predicted octanol–water partition coefficient (Wildman–Crippen LogP) is 6.02. The quantitative estimate of drug-likeness (QED) is 0.279. The van der Waals surface area contributed by atoms with Crippen molar-refractivity contribution in [3.63, 3.8) is 0 Å². The van der Waals surface area contributed by atoms with Gasteiger partial charge in [0.05, 0.1) is 26.4 Å². The number of ether oxygens (including phenoxy) is 2. The zero-order valence-corrected chi connectivity index (χ0v) is 23.3. The van der Waals surface area contributed by atoms with Crippen molar-refractivity contribution in [1.29, 1.82) is 0 Å². The number of nitrogens with two attached hydrogens (primary N) is 1. The van der Waals surface area contributed by atoms with Gasteiger partial charge in [0.25, 0.3) is 8.32 Å². The van der Waals surface area contributed by atoms with Crippen molar-refractivity contribution in [2.24, 2.45) is 5.73 Å². The van der Waals surface area contributed by atoms with Gasteiger partial charge in [-0.05, 0) is 38.7 Å². The number of methoxy groups -OCH3 is 2. The predicted molar refractivity (Wildman–Crippen MR) is 154 cm³/mol. The molecule has 0 radical (unpaired) electrons. The van der Waals surface area contributed by atoms with E-state index >= 15 is 0 Å². The summed E-state index contributed by atoms with van der Waals surface area (Å²) in [5, 5.41) is 2.22. The highest BCUT2D eigenvalue weighted by atomic mass is 28.4. The zero-order chi connectivity index (χ0) is 26.5. The van der Waals surface area contributed by atoms with E-state index < -0.39 is 20.5 Å². The van der Waals surface area contributed by atoms with Crippen LogP contribution in [-0.2, 0) is 4.43 Å². The molecule has 4 nitrogen and oxygen atoms in total. The molecular formula is C32H37NO3Si. The molecule has 0 saturated heterocycles. The van der Waals surface area contributed by atoms with Gasteiger partial charge in [-0.2, -0.15) is 0 Å². The van der Waals surface area contributed by atoms with Crippen molar-refractivity contribution in [3.05, 3.63) is 120 Å². The molecule has 4 rings (SSSR count). The summed E-state index contributed by atoms with van der Waals surface area (Å²) in [5.41, 5.74) is 9.03. The van der Waals surface area contributed by atoms with Gasteiger partial charge in [0, 0.05) is 0 Å². The van der Waals surface area contributed by atoms with Crippen LogP contribution in [0.25, 0.3) is 0 Å². The van der Waals surface area contributed by atoms with E-state index in [0.29, 0.717) is 11.5 Å². The van der Waals surface area contributed by atoms with E-state index in [1.54, 1.807) is 14.2 Å². The summed E-state index contributed by atoms with van der Waals surface area (Å²) < 4.78 is 18.8. The number of rotatable bonds is 9. The summed E-state index contributed by atoms with van der Waals surface area (Å²) in [6, 6.07) is 37.0. The lowest BCUT2D eigenvalue weighted by Gasteiger charge is -2.46. The molecule has 2 N–H and O–H groups in total. The summed E-state index contributed by atoms with van der Waals surface area (Å²) in [4.78, 5) is 0. The Hall–Kier alpha value is -3.38. The van der Waals surface area contributed by atoms with Gasteiger partial charge in [0.15, 0.2) is 11.5 Å². The van der Waals surface area contributed by atoms with Crippen LogP contribution in [0.3, 0.4) is 0 Å². The van der Waals surface area contributed by atoms with E-state index in [-0.39, 0.29) is 5.04 Å². The highest BCUT2D eigenvalue weighted by Gasteiger charge is 2.52. The molecule has 0 aliphatic carbocycles. The molecule has 4 aromatic rings. The van der Waals surface area contributed by atoms with E-state index in [2.05, 4.69) is 93.6 Å². The van der Waals surface area contributed by atoms with Gasteiger partial charge >= 0.3 is 0 Å². The SMILES string of the molecule is COc1ccc([C@@H](O[Si](c2ccccc2)(c2ccccc2)C(C)(C)C)[C@@H](N)c2ccccc2)cc1OC. The van der Waals surface area contributed by atoms with E-state index in [9.17, 15) is 0 Å². The molecule has 0 aliphatic rings. The lowest BCUT2D eigenvalue weighted by Crippen LogP contribution is -2.67. The Bertz CT molecular complexity index is 1230. The van der Waals surface area contributed by atoms with Crippen LogP contribution in [0.15, 0.2) is 109 Å². The molecule has 37 heavy (non-hydrogen) atoms. The van der Waals surface area contributed by atoms with E-state index in [0.717, 1.165) is 11.1 Å². The fraction of sp³-hybridized carbons (Fsp3) is 0.250. The summed E-state index contributed by atoms with van der Waals surface area (Å²) in [5.74, 6) is 1.32. The Balaban J connectivity index is 1.97. The van der Waals surface area contributed by atoms with Crippen LogP contribution >= 0.6 is 0 Å². The fourth-order valence-electron chi connectivity index (χ4n) is 5.11. The first-order valence-corrected chi connectivity index (χ1v) is 14.5. The molecule has 192 valence electrons. The second kappa shape index (κ2) is 11.3. The Labute approximate surface area is 222 Å². The highest BCUT2D eigenvalue weighted by Crippen LogP contribution is 2.44. The van der Waals surface area contributed by atoms with Crippen LogP contribution in [-0.4, -0.2) is 22.5 Å². The molecule has 5 heteroatoms. The maximum absolute atomic E-state index is 7.57. The Morgan fingerprint density at radius 1 is 0.622 bits per heavy atom. The molecule has 0 bridgehead atoms. The van der Waals surface area contributed by atoms with Crippen molar-refractivity contribution in [2.45, 2.75) is 38.0 Å². The molecule has 0 spiro atoms. The Morgan fingerprint density at radius 2 is 1.11 bits per heavy atom. The lowest BCUT2D eigenvalue weighted by molar-refractivity contribution is 0.160. The number of hydrogen-bond acceptors (Lipinski definition) is 4. The van der Waals surface area contributed by atoms with Crippen molar-refractivity contribution < 1.29 is 13.9 Å². The van der Waals surface area contributed by atoms with Gasteiger partial charge in [-0.25, -0.2) is 0 Å². The number of hydrogen-bond donors (Lipinski definition) is 1. The van der Waals surface area contributed by atoms with Crippen LogP contribution < -0.4 is 25.6 Å². The molecule has 0 fully saturated rings. The zero-order valence-electron chi connectivity index (χ0n) is 22.3. The van der Waals surface area contributed by atoms with E-state index in [1.807, 2.05) is 36.4 Å². The normalized spacial score (nSPS) is 13.6. The summed E-state index contributed by atoms with van der Waals surface area (Å²) in [7, 11) is 0.400. The van der Waals surface area contributed by atoms with Crippen molar-refractivity contribution >= 4 is 18.7 Å². The second-order valence-corrected chi connectivity index (χ2v) is 14.5. The van der Waals surface area contributed by atoms with Gasteiger partial charge in [0.2, 0.25) is 0 Å². The Kier molecular flexibility index (Phi) is 8.18.